The smallest absolute Gasteiger partial charge is 0.258 e. The van der Waals surface area contributed by atoms with Gasteiger partial charge in [0.1, 0.15) is 0 Å². The minimum atomic E-state index is -0.332. The Labute approximate surface area is 104 Å². The van der Waals surface area contributed by atoms with Crippen LogP contribution < -0.4 is 0 Å². The summed E-state index contributed by atoms with van der Waals surface area (Å²) in [5.74, 6) is 0.612. The summed E-state index contributed by atoms with van der Waals surface area (Å²) in [5.41, 5.74) is 0.947. The third-order valence-corrected chi connectivity index (χ3v) is 3.39. The molecule has 0 unspecified atom stereocenters. The normalized spacial score (nSPS) is 10.1. The van der Waals surface area contributed by atoms with E-state index >= 15 is 0 Å². The lowest BCUT2D eigenvalue weighted by Crippen LogP contribution is -1.93. The summed E-state index contributed by atoms with van der Waals surface area (Å²) in [6.07, 6.45) is 0. The van der Waals surface area contributed by atoms with Gasteiger partial charge in [-0.05, 0) is 12.1 Å². The van der Waals surface area contributed by atoms with E-state index in [4.69, 9.17) is 0 Å². The predicted molar refractivity (Wildman–Crippen MR) is 69.1 cm³/mol. The molecule has 0 spiro atoms. The van der Waals surface area contributed by atoms with Gasteiger partial charge in [-0.3, -0.25) is 10.1 Å². The Morgan fingerprint density at radius 1 is 1.00 bits per heavy atom. The molecule has 0 aliphatic heterocycles. The van der Waals surface area contributed by atoms with Crippen LogP contribution in [0.3, 0.4) is 0 Å². The quantitative estimate of drug-likeness (QED) is 0.466. The van der Waals surface area contributed by atoms with Gasteiger partial charge in [0.25, 0.3) is 5.69 Å². The Kier molecular flexibility index (Phi) is 3.77. The van der Waals surface area contributed by atoms with Crippen molar-refractivity contribution in [3.8, 4) is 0 Å². The molecular weight excluding hydrogens is 234 g/mol. The fourth-order valence-electron chi connectivity index (χ4n) is 1.49. The van der Waals surface area contributed by atoms with Gasteiger partial charge in [0.05, 0.1) is 4.92 Å². The first-order valence-corrected chi connectivity index (χ1v) is 6.16. The second-order valence-electron chi connectivity index (χ2n) is 3.49. The van der Waals surface area contributed by atoms with Gasteiger partial charge in [-0.15, -0.1) is 11.8 Å². The van der Waals surface area contributed by atoms with E-state index in [1.54, 1.807) is 30.0 Å². The standard InChI is InChI=1S/C13H11NO2S/c15-14(16)13-9-5-4-6-11(13)10-17-12-7-2-1-3-8-12/h1-9H,10H2. The van der Waals surface area contributed by atoms with Crippen molar-refractivity contribution in [3.63, 3.8) is 0 Å². The number of benzene rings is 2. The maximum absolute atomic E-state index is 10.8. The first-order chi connectivity index (χ1) is 8.27. The second-order valence-corrected chi connectivity index (χ2v) is 4.54. The first kappa shape index (κ1) is 11.7. The molecule has 0 N–H and O–H groups in total. The molecule has 2 aromatic carbocycles. The minimum Gasteiger partial charge on any atom is -0.258 e. The lowest BCUT2D eigenvalue weighted by molar-refractivity contribution is -0.385. The maximum Gasteiger partial charge on any atom is 0.273 e. The molecule has 0 saturated heterocycles. The Morgan fingerprint density at radius 3 is 2.35 bits per heavy atom. The van der Waals surface area contributed by atoms with E-state index in [0.717, 1.165) is 10.5 Å². The molecule has 86 valence electrons. The molecule has 0 saturated carbocycles. The van der Waals surface area contributed by atoms with Gasteiger partial charge >= 0.3 is 0 Å². The predicted octanol–water partition coefficient (Wildman–Crippen LogP) is 3.89. The topological polar surface area (TPSA) is 43.1 Å². The van der Waals surface area contributed by atoms with Crippen LogP contribution >= 0.6 is 11.8 Å². The highest BCUT2D eigenvalue weighted by Crippen LogP contribution is 2.27. The lowest BCUT2D eigenvalue weighted by Gasteiger charge is -2.02. The molecule has 0 amide bonds. The summed E-state index contributed by atoms with van der Waals surface area (Å²) in [6.45, 7) is 0. The third-order valence-electron chi connectivity index (χ3n) is 2.33. The second kappa shape index (κ2) is 5.50. The van der Waals surface area contributed by atoms with Crippen LogP contribution in [0.15, 0.2) is 59.5 Å². The summed E-state index contributed by atoms with van der Waals surface area (Å²) >= 11 is 1.60. The highest BCUT2D eigenvalue weighted by Gasteiger charge is 2.11. The van der Waals surface area contributed by atoms with Crippen molar-refractivity contribution >= 4 is 17.4 Å². The SMILES string of the molecule is O=[N+]([O-])c1ccccc1CSc1ccccc1. The Morgan fingerprint density at radius 2 is 1.65 bits per heavy atom. The van der Waals surface area contributed by atoms with E-state index < -0.39 is 0 Å². The molecule has 0 atom stereocenters. The van der Waals surface area contributed by atoms with Crippen molar-refractivity contribution < 1.29 is 4.92 Å². The lowest BCUT2D eigenvalue weighted by atomic mass is 10.2. The van der Waals surface area contributed by atoms with Crippen LogP contribution in [-0.4, -0.2) is 4.92 Å². The maximum atomic E-state index is 10.8. The number of nitro benzene ring substituents is 1. The highest BCUT2D eigenvalue weighted by molar-refractivity contribution is 7.98. The zero-order valence-electron chi connectivity index (χ0n) is 9.08. The number of hydrogen-bond acceptors (Lipinski definition) is 3. The number of nitro groups is 1. The largest absolute Gasteiger partial charge is 0.273 e. The monoisotopic (exact) mass is 245 g/mol. The van der Waals surface area contributed by atoms with E-state index in [0.29, 0.717) is 5.75 Å². The number of rotatable bonds is 4. The average molecular weight is 245 g/mol. The number of hydrogen-bond donors (Lipinski definition) is 0. The van der Waals surface area contributed by atoms with E-state index in [9.17, 15) is 10.1 Å². The third kappa shape index (κ3) is 3.07. The van der Waals surface area contributed by atoms with Crippen LogP contribution in [0.4, 0.5) is 5.69 Å². The number of nitrogens with zero attached hydrogens (tertiary/aromatic N) is 1. The van der Waals surface area contributed by atoms with Crippen LogP contribution in [0.25, 0.3) is 0 Å². The van der Waals surface area contributed by atoms with Gasteiger partial charge in [0.15, 0.2) is 0 Å². The van der Waals surface area contributed by atoms with Crippen molar-refractivity contribution in [1.29, 1.82) is 0 Å². The van der Waals surface area contributed by atoms with Gasteiger partial charge in [-0.1, -0.05) is 36.4 Å². The van der Waals surface area contributed by atoms with Crippen LogP contribution in [0, 0.1) is 10.1 Å². The van der Waals surface area contributed by atoms with Gasteiger partial charge in [0.2, 0.25) is 0 Å². The molecule has 0 radical (unpaired) electrons. The minimum absolute atomic E-state index is 0.191. The number of thioether (sulfide) groups is 1. The van der Waals surface area contributed by atoms with E-state index in [1.807, 2.05) is 36.4 Å². The molecule has 3 nitrogen and oxygen atoms in total. The van der Waals surface area contributed by atoms with Crippen molar-refractivity contribution in [2.45, 2.75) is 10.6 Å². The molecule has 0 heterocycles. The van der Waals surface area contributed by atoms with Gasteiger partial charge in [-0.2, -0.15) is 0 Å². The molecule has 0 bridgehead atoms. The molecule has 0 aliphatic carbocycles. The molecule has 17 heavy (non-hydrogen) atoms. The summed E-state index contributed by atoms with van der Waals surface area (Å²) in [6, 6.07) is 16.7. The van der Waals surface area contributed by atoms with Crippen LogP contribution in [-0.2, 0) is 5.75 Å². The summed E-state index contributed by atoms with van der Waals surface area (Å²) < 4.78 is 0. The zero-order chi connectivity index (χ0) is 12.1. The molecule has 0 aromatic heterocycles. The molecule has 0 aliphatic rings. The number of para-hydroxylation sites is 1. The summed E-state index contributed by atoms with van der Waals surface area (Å²) in [7, 11) is 0. The molecule has 2 rings (SSSR count). The summed E-state index contributed by atoms with van der Waals surface area (Å²) in [4.78, 5) is 11.6. The first-order valence-electron chi connectivity index (χ1n) is 5.17. The fourth-order valence-corrected chi connectivity index (χ4v) is 2.40. The average Bonchev–Trinajstić information content (AvgIpc) is 2.38. The molecule has 0 fully saturated rings. The molecule has 2 aromatic rings. The Hall–Kier alpha value is -1.81. The van der Waals surface area contributed by atoms with E-state index in [2.05, 4.69) is 0 Å². The zero-order valence-corrected chi connectivity index (χ0v) is 9.89. The molecule has 4 heteroatoms. The van der Waals surface area contributed by atoms with Crippen molar-refractivity contribution in [1.82, 2.24) is 0 Å². The van der Waals surface area contributed by atoms with Gasteiger partial charge < -0.3 is 0 Å². The highest BCUT2D eigenvalue weighted by atomic mass is 32.2. The summed E-state index contributed by atoms with van der Waals surface area (Å²) in [5, 5.41) is 10.8. The van der Waals surface area contributed by atoms with Crippen molar-refractivity contribution in [3.05, 3.63) is 70.3 Å². The molecular formula is C13H11NO2S. The van der Waals surface area contributed by atoms with Crippen LogP contribution in [0.5, 0.6) is 0 Å². The van der Waals surface area contributed by atoms with Gasteiger partial charge in [0, 0.05) is 22.3 Å². The van der Waals surface area contributed by atoms with Crippen molar-refractivity contribution in [2.24, 2.45) is 0 Å². The fraction of sp³-hybridized carbons (Fsp3) is 0.0769. The van der Waals surface area contributed by atoms with Crippen LogP contribution in [0.1, 0.15) is 5.56 Å². The van der Waals surface area contributed by atoms with Crippen molar-refractivity contribution in [2.75, 3.05) is 0 Å². The Bertz CT molecular complexity index is 514. The Balaban J connectivity index is 2.12. The van der Waals surface area contributed by atoms with Crippen LogP contribution in [0.2, 0.25) is 0 Å². The van der Waals surface area contributed by atoms with Gasteiger partial charge in [-0.25, -0.2) is 0 Å². The van der Waals surface area contributed by atoms with E-state index in [-0.39, 0.29) is 10.6 Å². The van der Waals surface area contributed by atoms with E-state index in [1.165, 1.54) is 0 Å².